The summed E-state index contributed by atoms with van der Waals surface area (Å²) in [5.74, 6) is 0.970. The Labute approximate surface area is 307 Å². The number of nitrogens with zero attached hydrogens (tertiary/aromatic N) is 5. The van der Waals surface area contributed by atoms with Crippen molar-refractivity contribution in [1.82, 2.24) is 19.1 Å². The normalized spacial score (nSPS) is 16.1. The zero-order valence-electron chi connectivity index (χ0n) is 28.8. The molecule has 4 heterocycles. The number of fused-ring (bicyclic) bond motifs is 10. The molecule has 6 aromatic carbocycles. The number of aromatic nitrogens is 4. The highest BCUT2D eigenvalue weighted by molar-refractivity contribution is 6.25. The second-order valence-corrected chi connectivity index (χ2v) is 13.8. The van der Waals surface area contributed by atoms with Crippen LogP contribution in [0.1, 0.15) is 11.5 Å². The zero-order valence-corrected chi connectivity index (χ0v) is 28.8. The van der Waals surface area contributed by atoms with E-state index in [-0.39, 0.29) is 12.0 Å². The minimum atomic E-state index is 0.0411. The van der Waals surface area contributed by atoms with Gasteiger partial charge in [0.05, 0.1) is 28.3 Å². The lowest BCUT2D eigenvalue weighted by Crippen LogP contribution is -2.29. The van der Waals surface area contributed by atoms with E-state index in [1.807, 2.05) is 12.4 Å². The van der Waals surface area contributed by atoms with Crippen LogP contribution >= 0.6 is 0 Å². The van der Waals surface area contributed by atoms with Gasteiger partial charge >= 0.3 is 0 Å². The van der Waals surface area contributed by atoms with Crippen molar-refractivity contribution >= 4 is 44.2 Å². The van der Waals surface area contributed by atoms with Gasteiger partial charge in [-0.1, -0.05) is 127 Å². The first-order chi connectivity index (χ1) is 26.4. The van der Waals surface area contributed by atoms with Gasteiger partial charge in [-0.05, 0) is 54.1 Å². The number of hydrogen-bond acceptors (Lipinski definition) is 3. The Morgan fingerprint density at radius 2 is 1.17 bits per heavy atom. The van der Waals surface area contributed by atoms with Crippen molar-refractivity contribution < 1.29 is 0 Å². The molecule has 0 amide bonds. The van der Waals surface area contributed by atoms with Crippen LogP contribution in [0.5, 0.6) is 0 Å². The summed E-state index contributed by atoms with van der Waals surface area (Å²) >= 11 is 0. The third kappa shape index (κ3) is 4.37. The number of rotatable bonds is 5. The molecule has 5 heteroatoms. The number of para-hydroxylation sites is 4. The molecule has 0 spiro atoms. The summed E-state index contributed by atoms with van der Waals surface area (Å²) < 4.78 is 4.87. The highest BCUT2D eigenvalue weighted by atomic mass is 15.2. The maximum atomic E-state index is 5.71. The molecule has 0 fully saturated rings. The van der Waals surface area contributed by atoms with E-state index in [1.54, 1.807) is 0 Å². The number of anilines is 2. The van der Waals surface area contributed by atoms with Crippen LogP contribution in [0.4, 0.5) is 11.4 Å². The molecule has 53 heavy (non-hydrogen) atoms. The lowest BCUT2D eigenvalue weighted by Gasteiger charge is -2.31. The molecule has 9 aromatic rings. The molecule has 250 valence electrons. The van der Waals surface area contributed by atoms with E-state index in [2.05, 4.69) is 195 Å². The molecule has 0 N–H and O–H groups in total. The van der Waals surface area contributed by atoms with Gasteiger partial charge in [0.2, 0.25) is 0 Å². The van der Waals surface area contributed by atoms with Gasteiger partial charge in [-0.2, -0.15) is 0 Å². The highest BCUT2D eigenvalue weighted by Crippen LogP contribution is 2.57. The molecule has 2 unspecified atom stereocenters. The summed E-state index contributed by atoms with van der Waals surface area (Å²) in [6.45, 7) is 0. The Kier molecular flexibility index (Phi) is 6.61. The predicted octanol–water partition coefficient (Wildman–Crippen LogP) is 11.6. The zero-order chi connectivity index (χ0) is 34.9. The van der Waals surface area contributed by atoms with Crippen LogP contribution in [-0.2, 0) is 0 Å². The van der Waals surface area contributed by atoms with Gasteiger partial charge in [-0.15, -0.1) is 0 Å². The number of allylic oxidation sites excluding steroid dienone is 2. The van der Waals surface area contributed by atoms with Crippen molar-refractivity contribution in [2.75, 3.05) is 4.90 Å². The smallest absolute Gasteiger partial charge is 0.145 e. The molecular weight excluding hydrogens is 647 g/mol. The number of imidazole rings is 1. The predicted molar refractivity (Wildman–Crippen MR) is 217 cm³/mol. The van der Waals surface area contributed by atoms with E-state index in [0.717, 1.165) is 39.3 Å². The molecule has 0 radical (unpaired) electrons. The first kappa shape index (κ1) is 29.7. The Morgan fingerprint density at radius 1 is 0.528 bits per heavy atom. The fourth-order valence-electron chi connectivity index (χ4n) is 8.80. The van der Waals surface area contributed by atoms with Gasteiger partial charge in [0.1, 0.15) is 11.3 Å². The van der Waals surface area contributed by atoms with Crippen molar-refractivity contribution in [3.05, 3.63) is 194 Å². The summed E-state index contributed by atoms with van der Waals surface area (Å²) in [6.07, 6.45) is 12.9. The number of pyridine rings is 1. The van der Waals surface area contributed by atoms with Crippen molar-refractivity contribution in [1.29, 1.82) is 0 Å². The average Bonchev–Trinajstić information content (AvgIpc) is 3.90. The van der Waals surface area contributed by atoms with Crippen LogP contribution in [0.3, 0.4) is 0 Å². The molecule has 1 aliphatic heterocycles. The van der Waals surface area contributed by atoms with Crippen molar-refractivity contribution in [2.45, 2.75) is 12.0 Å². The van der Waals surface area contributed by atoms with Crippen molar-refractivity contribution in [3.8, 4) is 33.9 Å². The van der Waals surface area contributed by atoms with Crippen LogP contribution in [0.15, 0.2) is 188 Å². The van der Waals surface area contributed by atoms with Crippen molar-refractivity contribution in [3.63, 3.8) is 0 Å². The van der Waals surface area contributed by atoms with E-state index < -0.39 is 0 Å². The minimum Gasteiger partial charge on any atom is -0.331 e. The summed E-state index contributed by atoms with van der Waals surface area (Å²) in [7, 11) is 0. The van der Waals surface area contributed by atoms with E-state index in [0.29, 0.717) is 0 Å². The molecule has 0 saturated carbocycles. The highest BCUT2D eigenvalue weighted by Gasteiger charge is 2.44. The molecular formula is C48H33N5. The Bertz CT molecular complexity index is 2890. The van der Waals surface area contributed by atoms with Gasteiger partial charge in [0.25, 0.3) is 0 Å². The maximum absolute atomic E-state index is 5.71. The van der Waals surface area contributed by atoms with Crippen LogP contribution < -0.4 is 4.90 Å². The van der Waals surface area contributed by atoms with Gasteiger partial charge in [-0.25, -0.2) is 4.98 Å². The summed E-state index contributed by atoms with van der Waals surface area (Å²) in [4.78, 5) is 12.7. The Hall–Kier alpha value is -6.98. The maximum Gasteiger partial charge on any atom is 0.145 e. The Morgan fingerprint density at radius 3 is 1.94 bits per heavy atom. The second-order valence-electron chi connectivity index (χ2n) is 13.8. The molecule has 1 aliphatic carbocycles. The standard InChI is InChI=1S/C48H33N5/c1-4-16-32(17-5-1)36-22-10-13-25-39(36)53-41-27-15-12-24-38(41)43-45-42(37-23-11-14-26-40(37)51(45)34-18-6-2-7-19-34)44-47(46(43)53)52(35-20-8-3-9-21-35)48(50-44)33-28-30-49-31-29-33/h1-31,38,41H. The minimum absolute atomic E-state index is 0.0411. The average molecular weight is 680 g/mol. The van der Waals surface area contributed by atoms with E-state index in [1.165, 1.54) is 44.4 Å². The first-order valence-corrected chi connectivity index (χ1v) is 18.2. The quantitative estimate of drug-likeness (QED) is 0.182. The van der Waals surface area contributed by atoms with Gasteiger partial charge in [-0.3, -0.25) is 9.55 Å². The molecule has 11 rings (SSSR count). The topological polar surface area (TPSA) is 38.9 Å². The van der Waals surface area contributed by atoms with Gasteiger partial charge in [0.15, 0.2) is 0 Å². The largest absolute Gasteiger partial charge is 0.331 e. The lowest BCUT2D eigenvalue weighted by molar-refractivity contribution is 0.746. The van der Waals surface area contributed by atoms with Crippen molar-refractivity contribution in [2.24, 2.45) is 0 Å². The molecule has 0 saturated heterocycles. The van der Waals surface area contributed by atoms with Crippen LogP contribution in [-0.4, -0.2) is 25.1 Å². The third-order valence-electron chi connectivity index (χ3n) is 10.9. The summed E-state index contributed by atoms with van der Waals surface area (Å²) in [6, 6.07) is 54.1. The van der Waals surface area contributed by atoms with Gasteiger partial charge in [0, 0.05) is 62.8 Å². The molecule has 3 aromatic heterocycles. The number of hydrogen-bond donors (Lipinski definition) is 0. The molecule has 2 atom stereocenters. The molecule has 5 nitrogen and oxygen atoms in total. The lowest BCUT2D eigenvalue weighted by atomic mass is 9.89. The van der Waals surface area contributed by atoms with Gasteiger partial charge < -0.3 is 9.47 Å². The van der Waals surface area contributed by atoms with Crippen LogP contribution in [0.25, 0.3) is 66.7 Å². The monoisotopic (exact) mass is 679 g/mol. The SMILES string of the molecule is C1=CC2c3c(c4c(nc(-c5ccncc5)n4-c4ccccc4)c4c5ccccc5n(-c5ccccc5)c34)N(c3ccccc3-c3ccccc3)C2C=C1. The summed E-state index contributed by atoms with van der Waals surface area (Å²) in [5, 5.41) is 2.36. The molecule has 2 aliphatic rings. The van der Waals surface area contributed by atoms with Crippen LogP contribution in [0.2, 0.25) is 0 Å². The Balaban J connectivity index is 1.40. The fourth-order valence-corrected chi connectivity index (χ4v) is 8.80. The van der Waals surface area contributed by atoms with E-state index in [4.69, 9.17) is 4.98 Å². The molecule has 0 bridgehead atoms. The van der Waals surface area contributed by atoms with Crippen LogP contribution in [0, 0.1) is 0 Å². The first-order valence-electron chi connectivity index (χ1n) is 18.2. The summed E-state index contributed by atoms with van der Waals surface area (Å²) in [5.41, 5.74) is 13.7. The van der Waals surface area contributed by atoms with E-state index in [9.17, 15) is 0 Å². The number of benzene rings is 6. The van der Waals surface area contributed by atoms with E-state index >= 15 is 0 Å². The third-order valence-corrected chi connectivity index (χ3v) is 10.9. The fraction of sp³-hybridized carbons (Fsp3) is 0.0417. The second kappa shape index (κ2) is 11.8.